The van der Waals surface area contributed by atoms with Gasteiger partial charge in [-0.25, -0.2) is 0 Å². The first kappa shape index (κ1) is 11.0. The van der Waals surface area contributed by atoms with Crippen molar-refractivity contribution in [1.29, 1.82) is 0 Å². The molecule has 0 aromatic heterocycles. The van der Waals surface area contributed by atoms with E-state index in [1.807, 2.05) is 0 Å². The zero-order chi connectivity index (χ0) is 11.3. The van der Waals surface area contributed by atoms with E-state index in [1.54, 1.807) is 24.3 Å². The molecule has 1 aromatic carbocycles. The van der Waals surface area contributed by atoms with Crippen LogP contribution in [0.5, 0.6) is 0 Å². The summed E-state index contributed by atoms with van der Waals surface area (Å²) in [5.41, 5.74) is 6.58. The molecule has 1 aromatic rings. The number of rotatable bonds is 3. The lowest BCUT2D eigenvalue weighted by Crippen LogP contribution is -2.20. The van der Waals surface area contributed by atoms with E-state index in [0.717, 1.165) is 0 Å². The van der Waals surface area contributed by atoms with Crippen molar-refractivity contribution in [1.82, 2.24) is 0 Å². The summed E-state index contributed by atoms with van der Waals surface area (Å²) in [6, 6.07) is 6.84. The van der Waals surface area contributed by atoms with E-state index in [2.05, 4.69) is 10.1 Å². The summed E-state index contributed by atoms with van der Waals surface area (Å²) >= 11 is 0. The number of ether oxygens (including phenoxy) is 1. The number of carbonyl (C=O) groups excluding carboxylic acids is 2. The monoisotopic (exact) mass is 208 g/mol. The summed E-state index contributed by atoms with van der Waals surface area (Å²) in [6.07, 6.45) is 0. The van der Waals surface area contributed by atoms with Crippen LogP contribution in [0.15, 0.2) is 24.3 Å². The summed E-state index contributed by atoms with van der Waals surface area (Å²) < 4.78 is 4.52. The van der Waals surface area contributed by atoms with Crippen molar-refractivity contribution in [2.45, 2.75) is 6.92 Å². The average Bonchev–Trinajstić information content (AvgIpc) is 2.18. The van der Waals surface area contributed by atoms with Gasteiger partial charge in [0.15, 0.2) is 6.61 Å². The van der Waals surface area contributed by atoms with Crippen molar-refractivity contribution < 1.29 is 14.3 Å². The largest absolute Gasteiger partial charge is 0.456 e. The number of nitrogen functional groups attached to an aromatic ring is 1. The molecule has 0 aliphatic carbocycles. The number of benzene rings is 1. The quantitative estimate of drug-likeness (QED) is 0.567. The van der Waals surface area contributed by atoms with Crippen LogP contribution < -0.4 is 11.1 Å². The zero-order valence-corrected chi connectivity index (χ0v) is 8.32. The molecule has 0 fully saturated rings. The van der Waals surface area contributed by atoms with Gasteiger partial charge in [-0.3, -0.25) is 9.59 Å². The zero-order valence-electron chi connectivity index (χ0n) is 8.32. The van der Waals surface area contributed by atoms with Gasteiger partial charge >= 0.3 is 5.97 Å². The van der Waals surface area contributed by atoms with Gasteiger partial charge in [0.2, 0.25) is 0 Å². The third-order valence-electron chi connectivity index (χ3n) is 1.64. The summed E-state index contributed by atoms with van der Waals surface area (Å²) in [7, 11) is 0. The van der Waals surface area contributed by atoms with Gasteiger partial charge in [0.25, 0.3) is 5.91 Å². The Balaban J connectivity index is 2.52. The molecule has 0 atom stereocenters. The van der Waals surface area contributed by atoms with E-state index in [0.29, 0.717) is 11.4 Å². The van der Waals surface area contributed by atoms with Gasteiger partial charge in [0, 0.05) is 6.92 Å². The molecule has 0 heterocycles. The first-order valence-corrected chi connectivity index (χ1v) is 4.37. The Kier molecular flexibility index (Phi) is 3.68. The van der Waals surface area contributed by atoms with Gasteiger partial charge in [-0.05, 0) is 12.1 Å². The van der Waals surface area contributed by atoms with E-state index in [1.165, 1.54) is 6.92 Å². The third kappa shape index (κ3) is 3.68. The summed E-state index contributed by atoms with van der Waals surface area (Å²) in [6.45, 7) is 0.938. The maximum Gasteiger partial charge on any atom is 0.303 e. The van der Waals surface area contributed by atoms with E-state index in [-0.39, 0.29) is 6.61 Å². The second-order valence-corrected chi connectivity index (χ2v) is 2.92. The SMILES string of the molecule is CC(=O)OCC(=O)Nc1ccccc1N. The highest BCUT2D eigenvalue weighted by atomic mass is 16.5. The first-order valence-electron chi connectivity index (χ1n) is 4.37. The molecular weight excluding hydrogens is 196 g/mol. The van der Waals surface area contributed by atoms with Gasteiger partial charge in [0.05, 0.1) is 11.4 Å². The highest BCUT2D eigenvalue weighted by Gasteiger charge is 2.05. The Morgan fingerprint density at radius 3 is 2.67 bits per heavy atom. The van der Waals surface area contributed by atoms with Gasteiger partial charge < -0.3 is 15.8 Å². The number of anilines is 2. The predicted octanol–water partition coefficient (Wildman–Crippen LogP) is 0.770. The molecule has 1 amide bonds. The van der Waals surface area contributed by atoms with Crippen molar-refractivity contribution in [2.24, 2.45) is 0 Å². The number of esters is 1. The van der Waals surface area contributed by atoms with Crippen LogP contribution in [0.4, 0.5) is 11.4 Å². The third-order valence-corrected chi connectivity index (χ3v) is 1.64. The number of hydrogen-bond acceptors (Lipinski definition) is 4. The fourth-order valence-corrected chi connectivity index (χ4v) is 0.964. The molecule has 0 unspecified atom stereocenters. The number of nitrogens with two attached hydrogens (primary N) is 1. The van der Waals surface area contributed by atoms with Crippen molar-refractivity contribution in [3.8, 4) is 0 Å². The van der Waals surface area contributed by atoms with Crippen LogP contribution in [-0.2, 0) is 14.3 Å². The van der Waals surface area contributed by atoms with E-state index in [4.69, 9.17) is 5.73 Å². The Morgan fingerprint density at radius 2 is 2.07 bits per heavy atom. The minimum Gasteiger partial charge on any atom is -0.456 e. The molecule has 5 heteroatoms. The van der Waals surface area contributed by atoms with Crippen LogP contribution in [0.25, 0.3) is 0 Å². The predicted molar refractivity (Wildman–Crippen MR) is 56.1 cm³/mol. The molecule has 1 rings (SSSR count). The molecule has 0 spiro atoms. The van der Waals surface area contributed by atoms with Gasteiger partial charge in [-0.15, -0.1) is 0 Å². The Morgan fingerprint density at radius 1 is 1.40 bits per heavy atom. The minimum absolute atomic E-state index is 0.302. The van der Waals surface area contributed by atoms with Gasteiger partial charge in [0.1, 0.15) is 0 Å². The Labute approximate surface area is 87.2 Å². The standard InChI is InChI=1S/C10H12N2O3/c1-7(13)15-6-10(14)12-9-5-3-2-4-8(9)11/h2-5H,6,11H2,1H3,(H,12,14). The summed E-state index contributed by atoms with van der Waals surface area (Å²) in [4.78, 5) is 21.7. The highest BCUT2D eigenvalue weighted by Crippen LogP contribution is 2.16. The number of carbonyl (C=O) groups is 2. The maximum atomic E-state index is 11.2. The Bertz CT molecular complexity index is 377. The smallest absolute Gasteiger partial charge is 0.303 e. The minimum atomic E-state index is -0.494. The topological polar surface area (TPSA) is 81.4 Å². The molecule has 0 saturated carbocycles. The van der Waals surface area contributed by atoms with Crippen LogP contribution in [-0.4, -0.2) is 18.5 Å². The number of nitrogens with one attached hydrogen (secondary N) is 1. The maximum absolute atomic E-state index is 11.2. The van der Waals surface area contributed by atoms with Crippen molar-refractivity contribution >= 4 is 23.3 Å². The van der Waals surface area contributed by atoms with Crippen molar-refractivity contribution in [2.75, 3.05) is 17.7 Å². The van der Waals surface area contributed by atoms with Crippen LogP contribution in [0.3, 0.4) is 0 Å². The van der Waals surface area contributed by atoms with E-state index >= 15 is 0 Å². The molecule has 0 bridgehead atoms. The molecule has 80 valence electrons. The normalized spacial score (nSPS) is 9.40. The number of amides is 1. The van der Waals surface area contributed by atoms with Crippen molar-refractivity contribution in [3.05, 3.63) is 24.3 Å². The molecule has 3 N–H and O–H groups in total. The summed E-state index contributed by atoms with van der Waals surface area (Å²) in [5, 5.41) is 2.52. The van der Waals surface area contributed by atoms with Crippen LogP contribution in [0, 0.1) is 0 Å². The van der Waals surface area contributed by atoms with Crippen molar-refractivity contribution in [3.63, 3.8) is 0 Å². The van der Waals surface area contributed by atoms with Crippen LogP contribution >= 0.6 is 0 Å². The fourth-order valence-electron chi connectivity index (χ4n) is 0.964. The number of para-hydroxylation sites is 2. The van der Waals surface area contributed by atoms with E-state index in [9.17, 15) is 9.59 Å². The molecule has 0 aliphatic heterocycles. The average molecular weight is 208 g/mol. The second kappa shape index (κ2) is 4.99. The number of hydrogen-bond donors (Lipinski definition) is 2. The molecule has 0 saturated heterocycles. The lowest BCUT2D eigenvalue weighted by molar-refractivity contribution is -0.144. The Hall–Kier alpha value is -2.04. The first-order chi connectivity index (χ1) is 7.09. The molecular formula is C10H12N2O3. The summed E-state index contributed by atoms with van der Waals surface area (Å²) in [5.74, 6) is -0.908. The van der Waals surface area contributed by atoms with Gasteiger partial charge in [-0.2, -0.15) is 0 Å². The van der Waals surface area contributed by atoms with Crippen LogP contribution in [0.1, 0.15) is 6.92 Å². The molecule has 15 heavy (non-hydrogen) atoms. The molecule has 0 radical (unpaired) electrons. The lowest BCUT2D eigenvalue weighted by atomic mass is 10.3. The van der Waals surface area contributed by atoms with Gasteiger partial charge in [-0.1, -0.05) is 12.1 Å². The lowest BCUT2D eigenvalue weighted by Gasteiger charge is -2.07. The van der Waals surface area contributed by atoms with Crippen LogP contribution in [0.2, 0.25) is 0 Å². The molecule has 5 nitrogen and oxygen atoms in total. The van der Waals surface area contributed by atoms with E-state index < -0.39 is 11.9 Å². The fraction of sp³-hybridized carbons (Fsp3) is 0.200. The molecule has 0 aliphatic rings. The second-order valence-electron chi connectivity index (χ2n) is 2.92. The highest BCUT2D eigenvalue weighted by molar-refractivity contribution is 5.95.